The van der Waals surface area contributed by atoms with Gasteiger partial charge in [-0.1, -0.05) is 12.1 Å². The molecule has 0 unspecified atom stereocenters. The van der Waals surface area contributed by atoms with Crippen LogP contribution in [0.1, 0.15) is 34.1 Å². The lowest BCUT2D eigenvalue weighted by atomic mass is 10.1. The second-order valence-electron chi connectivity index (χ2n) is 5.18. The van der Waals surface area contributed by atoms with Gasteiger partial charge < -0.3 is 10.5 Å². The minimum absolute atomic E-state index is 0.225. The number of fused-ring (bicyclic) bond motifs is 1. The van der Waals surface area contributed by atoms with Crippen molar-refractivity contribution in [1.82, 2.24) is 4.90 Å². The van der Waals surface area contributed by atoms with Gasteiger partial charge in [-0.15, -0.1) is 0 Å². The molecular weight excluding hydrogens is 316 g/mol. The van der Waals surface area contributed by atoms with Crippen LogP contribution in [0.2, 0.25) is 0 Å². The molecule has 0 radical (unpaired) electrons. The summed E-state index contributed by atoms with van der Waals surface area (Å²) in [7, 11) is 0. The third-order valence-electron chi connectivity index (χ3n) is 3.49. The highest BCUT2D eigenvalue weighted by Crippen LogP contribution is 2.22. The largest absolute Gasteiger partial charge is 0.462 e. The van der Waals surface area contributed by atoms with Crippen LogP contribution in [0.3, 0.4) is 0 Å². The summed E-state index contributed by atoms with van der Waals surface area (Å²) in [6.45, 7) is 2.51. The Kier molecular flexibility index (Phi) is 6.18. The van der Waals surface area contributed by atoms with Gasteiger partial charge >= 0.3 is 5.97 Å². The first-order valence-electron chi connectivity index (χ1n) is 7.59. The van der Waals surface area contributed by atoms with Crippen molar-refractivity contribution in [3.8, 4) is 0 Å². The highest BCUT2D eigenvalue weighted by molar-refractivity contribution is 7.99. The summed E-state index contributed by atoms with van der Waals surface area (Å²) in [5.74, 6) is 0.578. The smallest absolute Gasteiger partial charge is 0.365 e. The molecule has 1 aromatic carbocycles. The highest BCUT2D eigenvalue weighted by atomic mass is 32.2. The minimum atomic E-state index is -0.390. The molecule has 1 atom stereocenters. The number of amides is 2. The Labute approximate surface area is 139 Å². The quantitative estimate of drug-likeness (QED) is 0.426. The fraction of sp³-hybridized carbons (Fsp3) is 0.438. The van der Waals surface area contributed by atoms with Crippen molar-refractivity contribution in [2.45, 2.75) is 19.4 Å². The summed E-state index contributed by atoms with van der Waals surface area (Å²) in [6.07, 6.45) is 0.686. The summed E-state index contributed by atoms with van der Waals surface area (Å²) in [5, 5.41) is 0. The topological polar surface area (TPSA) is 91.3 Å². The Morgan fingerprint density at radius 2 is 1.87 bits per heavy atom. The van der Waals surface area contributed by atoms with Crippen LogP contribution in [0.25, 0.3) is 0 Å². The van der Waals surface area contributed by atoms with Gasteiger partial charge in [-0.05, 0) is 31.2 Å². The Morgan fingerprint density at radius 1 is 1.26 bits per heavy atom. The van der Waals surface area contributed by atoms with Crippen molar-refractivity contribution in [1.29, 1.82) is 0 Å². The zero-order valence-electron chi connectivity index (χ0n) is 13.1. The Balaban J connectivity index is 1.73. The predicted molar refractivity (Wildman–Crippen MR) is 87.1 cm³/mol. The molecule has 0 aliphatic carbocycles. The number of imide groups is 1. The molecule has 2 rings (SSSR count). The molecule has 0 saturated heterocycles. The molecule has 0 fully saturated rings. The van der Waals surface area contributed by atoms with Crippen LogP contribution in [-0.4, -0.2) is 53.4 Å². The van der Waals surface area contributed by atoms with Gasteiger partial charge in [0.2, 0.25) is 0 Å². The molecule has 7 heteroatoms. The van der Waals surface area contributed by atoms with Crippen molar-refractivity contribution in [2.24, 2.45) is 0 Å². The van der Waals surface area contributed by atoms with Gasteiger partial charge in [0, 0.05) is 6.54 Å². The number of ether oxygens (including phenoxy) is 1. The zero-order chi connectivity index (χ0) is 16.8. The first-order chi connectivity index (χ1) is 11.1. The predicted octanol–water partition coefficient (Wildman–Crippen LogP) is 0.580. The SMILES string of the molecule is CCOC(=O)[C@H]([NH3+])CSCCCN1C(=O)c2ccccc2C1=O. The molecule has 23 heavy (non-hydrogen) atoms. The second-order valence-corrected chi connectivity index (χ2v) is 6.33. The van der Waals surface area contributed by atoms with E-state index in [1.165, 1.54) is 4.90 Å². The van der Waals surface area contributed by atoms with Crippen LogP contribution in [0.15, 0.2) is 24.3 Å². The van der Waals surface area contributed by atoms with Crippen LogP contribution in [0, 0.1) is 0 Å². The van der Waals surface area contributed by atoms with E-state index in [4.69, 9.17) is 4.74 Å². The lowest BCUT2D eigenvalue weighted by molar-refractivity contribution is -0.401. The van der Waals surface area contributed by atoms with Crippen LogP contribution in [0.4, 0.5) is 0 Å². The lowest BCUT2D eigenvalue weighted by Crippen LogP contribution is -2.66. The standard InChI is InChI=1S/C16H20N2O4S/c1-2-22-16(21)13(17)10-23-9-5-8-18-14(19)11-6-3-4-7-12(11)15(18)20/h3-4,6-7,13H,2,5,8-10,17H2,1H3/p+1/t13-/m1/s1. The third-order valence-corrected chi connectivity index (χ3v) is 4.70. The molecule has 3 N–H and O–H groups in total. The molecule has 0 saturated carbocycles. The Hall–Kier alpha value is -1.86. The number of thioether (sulfide) groups is 1. The maximum atomic E-state index is 12.2. The van der Waals surface area contributed by atoms with E-state index >= 15 is 0 Å². The number of carbonyl (C=O) groups excluding carboxylic acids is 3. The van der Waals surface area contributed by atoms with Crippen LogP contribution < -0.4 is 5.73 Å². The monoisotopic (exact) mass is 337 g/mol. The summed E-state index contributed by atoms with van der Waals surface area (Å²) < 4.78 is 4.89. The third kappa shape index (κ3) is 4.11. The van der Waals surface area contributed by atoms with E-state index in [0.29, 0.717) is 36.5 Å². The highest BCUT2D eigenvalue weighted by Gasteiger charge is 2.34. The van der Waals surface area contributed by atoms with E-state index in [1.807, 2.05) is 0 Å². The number of hydrogen-bond acceptors (Lipinski definition) is 5. The van der Waals surface area contributed by atoms with Crippen molar-refractivity contribution < 1.29 is 24.9 Å². The molecule has 2 amide bonds. The van der Waals surface area contributed by atoms with Gasteiger partial charge in [0.1, 0.15) is 0 Å². The Morgan fingerprint density at radius 3 is 2.43 bits per heavy atom. The molecule has 0 bridgehead atoms. The number of benzene rings is 1. The Bertz CT molecular complexity index is 570. The fourth-order valence-electron chi connectivity index (χ4n) is 2.32. The van der Waals surface area contributed by atoms with E-state index < -0.39 is 0 Å². The number of carbonyl (C=O) groups is 3. The molecule has 1 aliphatic rings. The van der Waals surface area contributed by atoms with Gasteiger partial charge in [0.25, 0.3) is 11.8 Å². The van der Waals surface area contributed by atoms with Crippen LogP contribution in [0.5, 0.6) is 0 Å². The van der Waals surface area contributed by atoms with E-state index in [9.17, 15) is 14.4 Å². The van der Waals surface area contributed by atoms with Gasteiger partial charge in [0.15, 0.2) is 6.04 Å². The lowest BCUT2D eigenvalue weighted by Gasteiger charge is -2.13. The number of quaternary nitrogens is 1. The van der Waals surface area contributed by atoms with Crippen LogP contribution >= 0.6 is 11.8 Å². The van der Waals surface area contributed by atoms with Crippen molar-refractivity contribution in [2.75, 3.05) is 24.7 Å². The van der Waals surface area contributed by atoms with Gasteiger partial charge in [-0.3, -0.25) is 14.5 Å². The number of nitrogens with zero attached hydrogens (tertiary/aromatic N) is 1. The molecule has 1 aliphatic heterocycles. The van der Waals surface area contributed by atoms with Crippen molar-refractivity contribution >= 4 is 29.5 Å². The molecular formula is C16H21N2O4S+. The minimum Gasteiger partial charge on any atom is -0.462 e. The average Bonchev–Trinajstić information content (AvgIpc) is 2.79. The van der Waals surface area contributed by atoms with Gasteiger partial charge in [-0.25, -0.2) is 4.79 Å². The van der Waals surface area contributed by atoms with Gasteiger partial charge in [0.05, 0.1) is 23.5 Å². The van der Waals surface area contributed by atoms with Gasteiger partial charge in [-0.2, -0.15) is 11.8 Å². The number of esters is 1. The molecule has 1 heterocycles. The molecule has 1 aromatic rings. The second kappa shape index (κ2) is 8.12. The summed E-state index contributed by atoms with van der Waals surface area (Å²) in [4.78, 5) is 37.1. The maximum Gasteiger partial charge on any atom is 0.365 e. The van der Waals surface area contributed by atoms with E-state index in [1.54, 1.807) is 43.0 Å². The molecule has 0 spiro atoms. The summed E-state index contributed by atoms with van der Waals surface area (Å²) >= 11 is 1.57. The average molecular weight is 337 g/mol. The summed E-state index contributed by atoms with van der Waals surface area (Å²) in [5.41, 5.74) is 4.72. The maximum absolute atomic E-state index is 12.2. The molecule has 0 aromatic heterocycles. The first kappa shape index (κ1) is 17.5. The van der Waals surface area contributed by atoms with E-state index in [0.717, 1.165) is 5.75 Å². The van der Waals surface area contributed by atoms with Crippen molar-refractivity contribution in [3.63, 3.8) is 0 Å². The molecule has 6 nitrogen and oxygen atoms in total. The summed E-state index contributed by atoms with van der Waals surface area (Å²) in [6, 6.07) is 6.48. The molecule has 124 valence electrons. The normalized spacial score (nSPS) is 14.8. The van der Waals surface area contributed by atoms with E-state index in [-0.39, 0.29) is 23.8 Å². The fourth-order valence-corrected chi connectivity index (χ4v) is 3.24. The number of hydrogen-bond donors (Lipinski definition) is 1. The first-order valence-corrected chi connectivity index (χ1v) is 8.74. The van der Waals surface area contributed by atoms with Crippen LogP contribution in [-0.2, 0) is 9.53 Å². The zero-order valence-corrected chi connectivity index (χ0v) is 13.9. The van der Waals surface area contributed by atoms with E-state index in [2.05, 4.69) is 5.73 Å². The number of rotatable bonds is 8. The van der Waals surface area contributed by atoms with Crippen molar-refractivity contribution in [3.05, 3.63) is 35.4 Å².